The van der Waals surface area contributed by atoms with Gasteiger partial charge in [0.2, 0.25) is 11.1 Å². The summed E-state index contributed by atoms with van der Waals surface area (Å²) >= 11 is 1.33. The first-order valence-electron chi connectivity index (χ1n) is 8.52. The maximum Gasteiger partial charge on any atom is 0.238 e. The number of pyridine rings is 1. The topological polar surface area (TPSA) is 92.8 Å². The van der Waals surface area contributed by atoms with Crippen molar-refractivity contribution in [2.24, 2.45) is 5.92 Å². The lowest BCUT2D eigenvalue weighted by Gasteiger charge is -2.18. The minimum atomic E-state index is -0.334. The van der Waals surface area contributed by atoms with Crippen LogP contribution in [0.4, 0.5) is 5.69 Å². The standard InChI is InChI=1S/C19H21N5O2S/c1-12(2)16(18(25)21-13-7-9-14(26-3)10-8-13)27-19-22-17(23-24-19)15-6-4-5-11-20-15/h4-12,16H,1-3H3,(H,21,25)(H,22,23,24). The van der Waals surface area contributed by atoms with Crippen LogP contribution in [0.3, 0.4) is 0 Å². The molecule has 3 aromatic rings. The number of H-pyrrole nitrogens is 1. The Morgan fingerprint density at radius 2 is 1.96 bits per heavy atom. The largest absolute Gasteiger partial charge is 0.497 e. The van der Waals surface area contributed by atoms with Crippen molar-refractivity contribution >= 4 is 23.4 Å². The number of ether oxygens (including phenoxy) is 1. The average molecular weight is 383 g/mol. The number of methoxy groups -OCH3 is 1. The van der Waals surface area contributed by atoms with Crippen molar-refractivity contribution in [3.63, 3.8) is 0 Å². The molecule has 0 spiro atoms. The van der Waals surface area contributed by atoms with E-state index in [1.807, 2.05) is 56.3 Å². The van der Waals surface area contributed by atoms with Gasteiger partial charge < -0.3 is 10.1 Å². The Morgan fingerprint density at radius 1 is 1.19 bits per heavy atom. The fourth-order valence-corrected chi connectivity index (χ4v) is 3.32. The van der Waals surface area contributed by atoms with E-state index in [0.717, 1.165) is 11.4 Å². The number of thioether (sulfide) groups is 1. The Labute approximate surface area is 162 Å². The highest BCUT2D eigenvalue weighted by atomic mass is 32.2. The Balaban J connectivity index is 1.70. The minimum absolute atomic E-state index is 0.0932. The van der Waals surface area contributed by atoms with Crippen molar-refractivity contribution in [2.75, 3.05) is 12.4 Å². The van der Waals surface area contributed by atoms with E-state index in [-0.39, 0.29) is 17.1 Å². The minimum Gasteiger partial charge on any atom is -0.497 e. The zero-order valence-electron chi connectivity index (χ0n) is 15.3. The van der Waals surface area contributed by atoms with Crippen molar-refractivity contribution in [3.05, 3.63) is 48.7 Å². The second-order valence-corrected chi connectivity index (χ2v) is 7.29. The summed E-state index contributed by atoms with van der Waals surface area (Å²) in [6.07, 6.45) is 1.70. The van der Waals surface area contributed by atoms with Gasteiger partial charge in [-0.2, -0.15) is 4.98 Å². The van der Waals surface area contributed by atoms with Gasteiger partial charge in [0.15, 0.2) is 5.82 Å². The summed E-state index contributed by atoms with van der Waals surface area (Å²) in [4.78, 5) is 21.4. The molecule has 0 bridgehead atoms. The van der Waals surface area contributed by atoms with Gasteiger partial charge in [-0.05, 0) is 42.3 Å². The molecule has 2 N–H and O–H groups in total. The zero-order valence-corrected chi connectivity index (χ0v) is 16.2. The van der Waals surface area contributed by atoms with Crippen LogP contribution in [0.15, 0.2) is 53.8 Å². The molecule has 0 radical (unpaired) electrons. The summed E-state index contributed by atoms with van der Waals surface area (Å²) in [5, 5.41) is 10.2. The quantitative estimate of drug-likeness (QED) is 0.605. The van der Waals surface area contributed by atoms with Crippen molar-refractivity contribution in [2.45, 2.75) is 24.3 Å². The molecule has 1 aromatic carbocycles. The normalized spacial score (nSPS) is 12.0. The van der Waals surface area contributed by atoms with E-state index in [9.17, 15) is 4.79 Å². The summed E-state index contributed by atoms with van der Waals surface area (Å²) in [5.74, 6) is 1.33. The average Bonchev–Trinajstić information content (AvgIpc) is 3.16. The molecule has 1 unspecified atom stereocenters. The summed E-state index contributed by atoms with van der Waals surface area (Å²) in [5.41, 5.74) is 1.43. The van der Waals surface area contributed by atoms with Gasteiger partial charge in [-0.1, -0.05) is 31.7 Å². The number of carbonyl (C=O) groups excluding carboxylic acids is 1. The van der Waals surface area contributed by atoms with E-state index < -0.39 is 0 Å². The Kier molecular flexibility index (Phi) is 6.08. The van der Waals surface area contributed by atoms with E-state index in [1.54, 1.807) is 13.3 Å². The first kappa shape index (κ1) is 18.9. The lowest BCUT2D eigenvalue weighted by molar-refractivity contribution is -0.116. The molecule has 140 valence electrons. The third kappa shape index (κ3) is 4.85. The number of anilines is 1. The van der Waals surface area contributed by atoms with E-state index in [0.29, 0.717) is 16.7 Å². The highest BCUT2D eigenvalue weighted by Gasteiger charge is 2.25. The predicted octanol–water partition coefficient (Wildman–Crippen LogP) is 3.63. The Bertz CT molecular complexity index is 881. The van der Waals surface area contributed by atoms with Crippen LogP contribution < -0.4 is 10.1 Å². The van der Waals surface area contributed by atoms with Crippen LogP contribution in [0, 0.1) is 5.92 Å². The van der Waals surface area contributed by atoms with E-state index >= 15 is 0 Å². The first-order chi connectivity index (χ1) is 13.1. The van der Waals surface area contributed by atoms with Crippen LogP contribution in [0.2, 0.25) is 0 Å². The number of benzene rings is 1. The van der Waals surface area contributed by atoms with E-state index in [2.05, 4.69) is 25.5 Å². The Hall–Kier alpha value is -2.87. The predicted molar refractivity (Wildman–Crippen MR) is 106 cm³/mol. The van der Waals surface area contributed by atoms with Crippen LogP contribution in [-0.4, -0.2) is 38.4 Å². The summed E-state index contributed by atoms with van der Waals surface area (Å²) in [6.45, 7) is 4.00. The molecule has 8 heteroatoms. The molecule has 0 saturated heterocycles. The number of nitrogens with zero attached hydrogens (tertiary/aromatic N) is 3. The molecule has 27 heavy (non-hydrogen) atoms. The molecule has 1 atom stereocenters. The number of hydrogen-bond acceptors (Lipinski definition) is 6. The van der Waals surface area contributed by atoms with Crippen LogP contribution in [0.5, 0.6) is 5.75 Å². The number of nitrogens with one attached hydrogen (secondary N) is 2. The summed E-state index contributed by atoms with van der Waals surface area (Å²) in [6, 6.07) is 12.8. The molecule has 0 saturated carbocycles. The number of aromatic nitrogens is 4. The number of rotatable bonds is 7. The van der Waals surface area contributed by atoms with Gasteiger partial charge in [0.05, 0.1) is 12.4 Å². The first-order valence-corrected chi connectivity index (χ1v) is 9.40. The van der Waals surface area contributed by atoms with Gasteiger partial charge in [0.1, 0.15) is 11.4 Å². The monoisotopic (exact) mass is 383 g/mol. The van der Waals surface area contributed by atoms with Gasteiger partial charge in [0, 0.05) is 11.9 Å². The number of hydrogen-bond donors (Lipinski definition) is 2. The molecular weight excluding hydrogens is 362 g/mol. The third-order valence-corrected chi connectivity index (χ3v) is 5.23. The molecule has 2 aromatic heterocycles. The van der Waals surface area contributed by atoms with Gasteiger partial charge >= 0.3 is 0 Å². The highest BCUT2D eigenvalue weighted by Crippen LogP contribution is 2.28. The van der Waals surface area contributed by atoms with Crippen molar-refractivity contribution in [3.8, 4) is 17.3 Å². The number of carbonyl (C=O) groups is 1. The maximum absolute atomic E-state index is 12.7. The smallest absolute Gasteiger partial charge is 0.238 e. The van der Waals surface area contributed by atoms with Crippen LogP contribution >= 0.6 is 11.8 Å². The second kappa shape index (κ2) is 8.68. The van der Waals surface area contributed by atoms with Crippen molar-refractivity contribution < 1.29 is 9.53 Å². The summed E-state index contributed by atoms with van der Waals surface area (Å²) < 4.78 is 5.14. The third-order valence-electron chi connectivity index (χ3n) is 3.83. The van der Waals surface area contributed by atoms with Crippen LogP contribution in [0.25, 0.3) is 11.5 Å². The molecule has 1 amide bonds. The number of aromatic amines is 1. The second-order valence-electron chi connectivity index (χ2n) is 6.18. The maximum atomic E-state index is 12.7. The fraction of sp³-hybridized carbons (Fsp3) is 0.263. The SMILES string of the molecule is COc1ccc(NC(=O)C(Sc2n[nH]c(-c3ccccn3)n2)C(C)C)cc1. The molecule has 3 rings (SSSR count). The highest BCUT2D eigenvalue weighted by molar-refractivity contribution is 8.00. The van der Waals surface area contributed by atoms with Gasteiger partial charge in [-0.15, -0.1) is 5.10 Å². The van der Waals surface area contributed by atoms with Crippen molar-refractivity contribution in [1.82, 2.24) is 20.2 Å². The molecular formula is C19H21N5O2S. The van der Waals surface area contributed by atoms with Crippen LogP contribution in [0.1, 0.15) is 13.8 Å². The van der Waals surface area contributed by atoms with Gasteiger partial charge in [-0.3, -0.25) is 14.9 Å². The number of amides is 1. The molecule has 7 nitrogen and oxygen atoms in total. The molecule has 0 aliphatic carbocycles. The fourth-order valence-electron chi connectivity index (χ4n) is 2.41. The Morgan fingerprint density at radius 3 is 2.59 bits per heavy atom. The lowest BCUT2D eigenvalue weighted by Crippen LogP contribution is -2.29. The van der Waals surface area contributed by atoms with Gasteiger partial charge in [0.25, 0.3) is 0 Å². The molecule has 0 fully saturated rings. The van der Waals surface area contributed by atoms with Gasteiger partial charge in [-0.25, -0.2) is 0 Å². The zero-order chi connectivity index (χ0) is 19.2. The van der Waals surface area contributed by atoms with Crippen molar-refractivity contribution in [1.29, 1.82) is 0 Å². The lowest BCUT2D eigenvalue weighted by atomic mass is 10.1. The molecule has 0 aliphatic heterocycles. The van der Waals surface area contributed by atoms with Crippen LogP contribution in [-0.2, 0) is 4.79 Å². The molecule has 2 heterocycles. The van der Waals surface area contributed by atoms with E-state index in [4.69, 9.17) is 4.74 Å². The summed E-state index contributed by atoms with van der Waals surface area (Å²) in [7, 11) is 1.61. The molecule has 0 aliphatic rings. The van der Waals surface area contributed by atoms with E-state index in [1.165, 1.54) is 11.8 Å².